The van der Waals surface area contributed by atoms with Gasteiger partial charge in [0.15, 0.2) is 0 Å². The van der Waals surface area contributed by atoms with Gasteiger partial charge in [-0.25, -0.2) is 4.79 Å². The molecule has 2 aromatic carbocycles. The summed E-state index contributed by atoms with van der Waals surface area (Å²) in [4.78, 5) is 11.6. The van der Waals surface area contributed by atoms with Gasteiger partial charge in [0.25, 0.3) is 0 Å². The van der Waals surface area contributed by atoms with Crippen molar-refractivity contribution in [2.75, 3.05) is 7.11 Å². The van der Waals surface area contributed by atoms with Gasteiger partial charge in [0.1, 0.15) is 17.1 Å². The lowest BCUT2D eigenvalue weighted by atomic mass is 9.97. The normalized spacial score (nSPS) is 18.9. The lowest BCUT2D eigenvalue weighted by Crippen LogP contribution is -2.59. The molecule has 1 atom stereocenters. The summed E-state index contributed by atoms with van der Waals surface area (Å²) in [7, 11) is 1.49. The molecule has 2 aromatic rings. The molecular formula is C19H15F3O5. The topological polar surface area (TPSA) is 65.0 Å². The summed E-state index contributed by atoms with van der Waals surface area (Å²) in [6.45, 7) is 0.273. The molecule has 0 amide bonds. The van der Waals surface area contributed by atoms with Crippen LogP contribution in [-0.2, 0) is 16.1 Å². The molecule has 0 aliphatic carbocycles. The lowest BCUT2D eigenvalue weighted by molar-refractivity contribution is -0.304. The minimum Gasteiger partial charge on any atom is -0.478 e. The van der Waals surface area contributed by atoms with E-state index in [2.05, 4.69) is 0 Å². The summed E-state index contributed by atoms with van der Waals surface area (Å²) in [5, 5.41) is 9.41. The number of hydrogen-bond donors (Lipinski definition) is 1. The highest BCUT2D eigenvalue weighted by molar-refractivity contribution is 5.96. The number of carboxylic acid groups (broad SMARTS) is 1. The molecule has 1 aliphatic rings. The third kappa shape index (κ3) is 3.48. The predicted molar refractivity (Wildman–Crippen MR) is 89.3 cm³/mol. The fourth-order valence-corrected chi connectivity index (χ4v) is 2.69. The highest BCUT2D eigenvalue weighted by atomic mass is 19.4. The third-order valence-electron chi connectivity index (χ3n) is 3.93. The second kappa shape index (κ2) is 6.96. The van der Waals surface area contributed by atoms with E-state index in [1.807, 2.05) is 0 Å². The summed E-state index contributed by atoms with van der Waals surface area (Å²) >= 11 is 0. The number of rotatable bonds is 5. The minimum absolute atomic E-state index is 0.129. The van der Waals surface area contributed by atoms with Crippen LogP contribution in [0.15, 0.2) is 54.1 Å². The van der Waals surface area contributed by atoms with Crippen LogP contribution in [0.25, 0.3) is 6.08 Å². The van der Waals surface area contributed by atoms with Crippen molar-refractivity contribution in [3.63, 3.8) is 0 Å². The van der Waals surface area contributed by atoms with E-state index in [1.165, 1.54) is 49.6 Å². The summed E-state index contributed by atoms with van der Waals surface area (Å²) in [5.74, 6) is -5.59. The van der Waals surface area contributed by atoms with Crippen LogP contribution in [0.2, 0.25) is 0 Å². The number of carbonyl (C=O) groups is 1. The Morgan fingerprint density at radius 1 is 1.15 bits per heavy atom. The van der Waals surface area contributed by atoms with Gasteiger partial charge in [-0.05, 0) is 29.8 Å². The molecular weight excluding hydrogens is 365 g/mol. The van der Waals surface area contributed by atoms with Crippen molar-refractivity contribution in [2.24, 2.45) is 0 Å². The van der Waals surface area contributed by atoms with E-state index in [4.69, 9.17) is 14.2 Å². The number of methoxy groups -OCH3 is 1. The molecule has 1 unspecified atom stereocenters. The van der Waals surface area contributed by atoms with E-state index >= 15 is 0 Å². The zero-order valence-corrected chi connectivity index (χ0v) is 14.1. The Morgan fingerprint density at radius 2 is 1.81 bits per heavy atom. The van der Waals surface area contributed by atoms with Crippen molar-refractivity contribution >= 4 is 12.0 Å². The molecule has 0 fully saturated rings. The van der Waals surface area contributed by atoms with E-state index in [9.17, 15) is 23.1 Å². The molecule has 0 saturated heterocycles. The van der Waals surface area contributed by atoms with E-state index in [0.717, 1.165) is 11.6 Å². The fraction of sp³-hybridized carbons (Fsp3) is 0.211. The molecule has 27 heavy (non-hydrogen) atoms. The van der Waals surface area contributed by atoms with Crippen molar-refractivity contribution in [3.05, 3.63) is 65.2 Å². The monoisotopic (exact) mass is 380 g/mol. The summed E-state index contributed by atoms with van der Waals surface area (Å²) < 4.78 is 57.2. The van der Waals surface area contributed by atoms with Gasteiger partial charge in [-0.1, -0.05) is 30.3 Å². The van der Waals surface area contributed by atoms with Gasteiger partial charge in [0.05, 0.1) is 6.61 Å². The van der Waals surface area contributed by atoms with Gasteiger partial charge in [-0.2, -0.15) is 13.2 Å². The zero-order chi connectivity index (χ0) is 19.7. The fourth-order valence-electron chi connectivity index (χ4n) is 2.69. The van der Waals surface area contributed by atoms with Crippen LogP contribution in [0.3, 0.4) is 0 Å². The summed E-state index contributed by atoms with van der Waals surface area (Å²) in [6.07, 6.45) is -4.25. The maximum Gasteiger partial charge on any atom is 0.473 e. The number of aliphatic carboxylic acids is 1. The number of para-hydroxylation sites is 1. The first-order valence-corrected chi connectivity index (χ1v) is 7.84. The molecule has 142 valence electrons. The Bertz CT molecular complexity index is 874. The van der Waals surface area contributed by atoms with Gasteiger partial charge in [-0.3, -0.25) is 0 Å². The molecule has 3 rings (SSSR count). The van der Waals surface area contributed by atoms with Crippen LogP contribution < -0.4 is 9.47 Å². The first-order valence-electron chi connectivity index (χ1n) is 7.84. The third-order valence-corrected chi connectivity index (χ3v) is 3.93. The van der Waals surface area contributed by atoms with Crippen LogP contribution in [0, 0.1) is 0 Å². The van der Waals surface area contributed by atoms with Crippen molar-refractivity contribution < 1.29 is 37.3 Å². The van der Waals surface area contributed by atoms with E-state index in [0.29, 0.717) is 0 Å². The van der Waals surface area contributed by atoms with Crippen molar-refractivity contribution in [2.45, 2.75) is 18.6 Å². The Morgan fingerprint density at radius 3 is 2.41 bits per heavy atom. The number of hydrogen-bond acceptors (Lipinski definition) is 4. The van der Waals surface area contributed by atoms with Gasteiger partial charge >= 0.3 is 17.9 Å². The Labute approximate surface area is 152 Å². The highest BCUT2D eigenvalue weighted by Crippen LogP contribution is 2.46. The minimum atomic E-state index is -5.16. The molecule has 0 bridgehead atoms. The van der Waals surface area contributed by atoms with Crippen LogP contribution >= 0.6 is 0 Å². The number of fused-ring (bicyclic) bond motifs is 1. The van der Waals surface area contributed by atoms with E-state index in [-0.39, 0.29) is 23.7 Å². The predicted octanol–water partition coefficient (Wildman–Crippen LogP) is 4.03. The second-order valence-corrected chi connectivity index (χ2v) is 5.80. The zero-order valence-electron chi connectivity index (χ0n) is 14.1. The molecule has 1 heterocycles. The number of halogens is 3. The molecule has 0 aromatic heterocycles. The standard InChI is InChI=1S/C19H15F3O5/c1-25-11-12-6-8-14(9-7-12)26-18(19(20,21)22)15(17(23)24)10-13-4-2-3-5-16(13)27-18/h2-10H,11H2,1H3,(H,23,24). The van der Waals surface area contributed by atoms with Crippen molar-refractivity contribution in [1.29, 1.82) is 0 Å². The largest absolute Gasteiger partial charge is 0.478 e. The Kier molecular flexibility index (Phi) is 4.84. The lowest BCUT2D eigenvalue weighted by Gasteiger charge is -2.38. The number of ether oxygens (including phenoxy) is 3. The van der Waals surface area contributed by atoms with Crippen LogP contribution in [0.4, 0.5) is 13.2 Å². The van der Waals surface area contributed by atoms with Gasteiger partial charge in [0, 0.05) is 12.7 Å². The second-order valence-electron chi connectivity index (χ2n) is 5.80. The number of alkyl halides is 3. The van der Waals surface area contributed by atoms with Crippen LogP contribution in [0.5, 0.6) is 11.5 Å². The SMILES string of the molecule is COCc1ccc(OC2(C(F)(F)F)Oc3ccccc3C=C2C(=O)O)cc1. The summed E-state index contributed by atoms with van der Waals surface area (Å²) in [5.41, 5.74) is -0.127. The van der Waals surface area contributed by atoms with Crippen LogP contribution in [0.1, 0.15) is 11.1 Å². The number of benzene rings is 2. The van der Waals surface area contributed by atoms with Crippen molar-refractivity contribution in [1.82, 2.24) is 0 Å². The maximum absolute atomic E-state index is 14.0. The van der Waals surface area contributed by atoms with Gasteiger partial charge in [0.2, 0.25) is 0 Å². The first-order chi connectivity index (χ1) is 12.8. The average Bonchev–Trinajstić information content (AvgIpc) is 2.62. The molecule has 0 spiro atoms. The van der Waals surface area contributed by atoms with E-state index in [1.54, 1.807) is 6.07 Å². The smallest absolute Gasteiger partial charge is 0.473 e. The van der Waals surface area contributed by atoms with Gasteiger partial charge < -0.3 is 19.3 Å². The number of carboxylic acids is 1. The quantitative estimate of drug-likeness (QED) is 0.849. The van der Waals surface area contributed by atoms with E-state index < -0.39 is 23.5 Å². The molecule has 1 N–H and O–H groups in total. The average molecular weight is 380 g/mol. The Hall–Kier alpha value is -3.00. The molecule has 0 saturated carbocycles. The van der Waals surface area contributed by atoms with Gasteiger partial charge in [-0.15, -0.1) is 0 Å². The molecule has 5 nitrogen and oxygen atoms in total. The van der Waals surface area contributed by atoms with Crippen LogP contribution in [-0.4, -0.2) is 30.1 Å². The maximum atomic E-state index is 14.0. The first kappa shape index (κ1) is 18.8. The Balaban J connectivity index is 2.08. The molecule has 0 radical (unpaired) electrons. The van der Waals surface area contributed by atoms with Crippen molar-refractivity contribution in [3.8, 4) is 11.5 Å². The molecule has 8 heteroatoms. The highest BCUT2D eigenvalue weighted by Gasteiger charge is 2.66. The molecule has 1 aliphatic heterocycles. The summed E-state index contributed by atoms with van der Waals surface area (Å²) in [6, 6.07) is 11.4.